The summed E-state index contributed by atoms with van der Waals surface area (Å²) in [6, 6.07) is 0. The van der Waals surface area contributed by atoms with Gasteiger partial charge in [-0.2, -0.15) is 0 Å². The number of nitrogens with zero attached hydrogens (tertiary/aromatic N) is 2. The van der Waals surface area contributed by atoms with Crippen molar-refractivity contribution in [1.29, 1.82) is 0 Å². The van der Waals surface area contributed by atoms with Gasteiger partial charge in [0, 0.05) is 26.2 Å². The average Bonchev–Trinajstić information content (AvgIpc) is 2.52. The van der Waals surface area contributed by atoms with Crippen LogP contribution in [-0.4, -0.2) is 53.6 Å². The van der Waals surface area contributed by atoms with E-state index in [4.69, 9.17) is 4.74 Å². The summed E-state index contributed by atoms with van der Waals surface area (Å²) in [5, 5.41) is 0. The third-order valence-corrected chi connectivity index (χ3v) is 5.69. The number of ether oxygens (including phenoxy) is 1. The number of carbonyl (C=O) groups excluding carboxylic acids is 2. The van der Waals surface area contributed by atoms with E-state index in [1.54, 1.807) is 11.0 Å². The molecule has 0 radical (unpaired) electrons. The van der Waals surface area contributed by atoms with Crippen LogP contribution in [0.1, 0.15) is 60.8 Å². The van der Waals surface area contributed by atoms with Crippen LogP contribution in [0, 0.1) is 17.3 Å². The highest BCUT2D eigenvalue weighted by Crippen LogP contribution is 2.44. The van der Waals surface area contributed by atoms with Crippen LogP contribution in [-0.2, 0) is 9.53 Å². The largest absolute Gasteiger partial charge is 0.444 e. The molecule has 5 nitrogen and oxygen atoms in total. The SMILES string of the molecule is C[C@H]1CCCC(C)(C)[C@@H]1C=CC(=O)N1CCN(C(=O)OC(C)(C)C)CC1. The number of hydrogen-bond acceptors (Lipinski definition) is 3. The Balaban J connectivity index is 1.87. The van der Waals surface area contributed by atoms with Crippen LogP contribution in [0.2, 0.25) is 0 Å². The molecule has 0 aromatic carbocycles. The Morgan fingerprint density at radius 1 is 1.08 bits per heavy atom. The first-order chi connectivity index (χ1) is 12.0. The minimum Gasteiger partial charge on any atom is -0.444 e. The van der Waals surface area contributed by atoms with E-state index in [-0.39, 0.29) is 17.4 Å². The van der Waals surface area contributed by atoms with Gasteiger partial charge in [-0.1, -0.05) is 39.7 Å². The zero-order chi connectivity index (χ0) is 19.5. The Morgan fingerprint density at radius 2 is 1.65 bits per heavy atom. The molecule has 1 saturated carbocycles. The minimum absolute atomic E-state index is 0.0578. The molecule has 0 N–H and O–H groups in total. The molecule has 0 bridgehead atoms. The molecule has 0 aromatic heterocycles. The molecule has 0 unspecified atom stereocenters. The molecule has 5 heteroatoms. The Bertz CT molecular complexity index is 540. The van der Waals surface area contributed by atoms with Gasteiger partial charge in [0.1, 0.15) is 5.60 Å². The van der Waals surface area contributed by atoms with Crippen LogP contribution in [0.25, 0.3) is 0 Å². The van der Waals surface area contributed by atoms with Gasteiger partial charge in [0.15, 0.2) is 0 Å². The molecular weight excluding hydrogens is 328 g/mol. The molecule has 1 saturated heterocycles. The van der Waals surface area contributed by atoms with Crippen LogP contribution < -0.4 is 0 Å². The van der Waals surface area contributed by atoms with Crippen molar-refractivity contribution in [1.82, 2.24) is 9.80 Å². The molecule has 0 spiro atoms. The van der Waals surface area contributed by atoms with Crippen molar-refractivity contribution in [2.24, 2.45) is 17.3 Å². The second kappa shape index (κ2) is 8.01. The third-order valence-electron chi connectivity index (χ3n) is 5.69. The topological polar surface area (TPSA) is 49.9 Å². The molecule has 2 aliphatic rings. The van der Waals surface area contributed by atoms with Crippen molar-refractivity contribution in [3.05, 3.63) is 12.2 Å². The maximum absolute atomic E-state index is 12.6. The Kier molecular flexibility index (Phi) is 6.41. The van der Waals surface area contributed by atoms with Crippen molar-refractivity contribution in [2.75, 3.05) is 26.2 Å². The summed E-state index contributed by atoms with van der Waals surface area (Å²) in [5.74, 6) is 1.12. The van der Waals surface area contributed by atoms with Gasteiger partial charge in [-0.25, -0.2) is 4.79 Å². The second-order valence-corrected chi connectivity index (χ2v) is 9.54. The molecule has 148 valence electrons. The van der Waals surface area contributed by atoms with E-state index in [2.05, 4.69) is 26.8 Å². The first-order valence-corrected chi connectivity index (χ1v) is 9.95. The summed E-state index contributed by atoms with van der Waals surface area (Å²) in [6.07, 6.45) is 7.33. The van der Waals surface area contributed by atoms with E-state index in [0.717, 1.165) is 0 Å². The van der Waals surface area contributed by atoms with Gasteiger partial charge in [-0.05, 0) is 50.5 Å². The Morgan fingerprint density at radius 3 is 2.19 bits per heavy atom. The standard InChI is InChI=1S/C21H36N2O3/c1-16-8-7-11-21(5,6)17(16)9-10-18(24)22-12-14-23(15-13-22)19(25)26-20(2,3)4/h9-10,16-17H,7-8,11-15H2,1-6H3/t16-,17+/m0/s1. The number of amides is 2. The van der Waals surface area contributed by atoms with E-state index in [0.29, 0.717) is 38.0 Å². The fourth-order valence-electron chi connectivity index (χ4n) is 4.17. The first-order valence-electron chi connectivity index (χ1n) is 9.95. The number of hydrogen-bond donors (Lipinski definition) is 0. The van der Waals surface area contributed by atoms with Crippen molar-refractivity contribution in [3.63, 3.8) is 0 Å². The van der Waals surface area contributed by atoms with Crippen LogP contribution in [0.3, 0.4) is 0 Å². The van der Waals surface area contributed by atoms with Gasteiger partial charge in [0.25, 0.3) is 0 Å². The molecule has 1 aliphatic heterocycles. The lowest BCUT2D eigenvalue weighted by Gasteiger charge is -2.41. The van der Waals surface area contributed by atoms with Gasteiger partial charge in [0.2, 0.25) is 5.91 Å². The lowest BCUT2D eigenvalue weighted by molar-refractivity contribution is -0.127. The maximum atomic E-state index is 12.6. The summed E-state index contributed by atoms with van der Waals surface area (Å²) in [5.41, 5.74) is -0.236. The first kappa shape index (κ1) is 20.8. The number of allylic oxidation sites excluding steroid dienone is 1. The predicted octanol–water partition coefficient (Wildman–Crippen LogP) is 4.08. The highest BCUT2D eigenvalue weighted by molar-refractivity contribution is 5.87. The van der Waals surface area contributed by atoms with E-state index in [1.165, 1.54) is 19.3 Å². The number of rotatable bonds is 2. The lowest BCUT2D eigenvalue weighted by atomic mass is 9.64. The molecule has 2 fully saturated rings. The smallest absolute Gasteiger partial charge is 0.410 e. The minimum atomic E-state index is -0.490. The van der Waals surface area contributed by atoms with Gasteiger partial charge in [-0.15, -0.1) is 0 Å². The highest BCUT2D eigenvalue weighted by Gasteiger charge is 2.35. The highest BCUT2D eigenvalue weighted by atomic mass is 16.6. The number of piperazine rings is 1. The van der Waals surface area contributed by atoms with Crippen molar-refractivity contribution in [2.45, 2.75) is 66.4 Å². The Hall–Kier alpha value is -1.52. The van der Waals surface area contributed by atoms with Gasteiger partial charge in [-0.3, -0.25) is 4.79 Å². The molecule has 0 aromatic rings. The average molecular weight is 365 g/mol. The van der Waals surface area contributed by atoms with Crippen LogP contribution in [0.15, 0.2) is 12.2 Å². The van der Waals surface area contributed by atoms with E-state index in [1.807, 2.05) is 25.7 Å². The Labute approximate surface area is 158 Å². The summed E-state index contributed by atoms with van der Waals surface area (Å²) in [4.78, 5) is 28.2. The fourth-order valence-corrected chi connectivity index (χ4v) is 4.17. The molecule has 26 heavy (non-hydrogen) atoms. The van der Waals surface area contributed by atoms with Crippen molar-refractivity contribution >= 4 is 12.0 Å². The quantitative estimate of drug-likeness (QED) is 0.694. The predicted molar refractivity (Wildman–Crippen MR) is 104 cm³/mol. The van der Waals surface area contributed by atoms with Crippen molar-refractivity contribution < 1.29 is 14.3 Å². The van der Waals surface area contributed by atoms with Crippen LogP contribution >= 0.6 is 0 Å². The molecule has 2 atom stereocenters. The van der Waals surface area contributed by atoms with Crippen molar-refractivity contribution in [3.8, 4) is 0 Å². The molecule has 1 heterocycles. The van der Waals surface area contributed by atoms with E-state index in [9.17, 15) is 9.59 Å². The molecule has 1 aliphatic carbocycles. The zero-order valence-corrected chi connectivity index (χ0v) is 17.4. The zero-order valence-electron chi connectivity index (χ0n) is 17.4. The van der Waals surface area contributed by atoms with Gasteiger partial charge < -0.3 is 14.5 Å². The normalized spacial score (nSPS) is 26.8. The van der Waals surface area contributed by atoms with E-state index >= 15 is 0 Å². The second-order valence-electron chi connectivity index (χ2n) is 9.54. The van der Waals surface area contributed by atoms with E-state index < -0.39 is 5.60 Å². The summed E-state index contributed by atoms with van der Waals surface area (Å²) >= 11 is 0. The fraction of sp³-hybridized carbons (Fsp3) is 0.810. The van der Waals surface area contributed by atoms with Gasteiger partial charge >= 0.3 is 6.09 Å². The maximum Gasteiger partial charge on any atom is 0.410 e. The van der Waals surface area contributed by atoms with Gasteiger partial charge in [0.05, 0.1) is 0 Å². The molecular formula is C21H36N2O3. The summed E-state index contributed by atoms with van der Waals surface area (Å²) in [6.45, 7) is 14.7. The third kappa shape index (κ3) is 5.49. The lowest BCUT2D eigenvalue weighted by Crippen LogP contribution is -2.51. The summed E-state index contributed by atoms with van der Waals surface area (Å²) in [7, 11) is 0. The molecule has 2 amide bonds. The molecule has 2 rings (SSSR count). The monoisotopic (exact) mass is 364 g/mol. The van der Waals surface area contributed by atoms with Crippen LogP contribution in [0.4, 0.5) is 4.79 Å². The van der Waals surface area contributed by atoms with Crippen LogP contribution in [0.5, 0.6) is 0 Å². The number of carbonyl (C=O) groups is 2. The summed E-state index contributed by atoms with van der Waals surface area (Å²) < 4.78 is 5.40.